The highest BCUT2D eigenvalue weighted by atomic mass is 79.9. The van der Waals surface area contributed by atoms with E-state index in [9.17, 15) is 14.9 Å². The van der Waals surface area contributed by atoms with Gasteiger partial charge in [0, 0.05) is 12.6 Å². The van der Waals surface area contributed by atoms with Crippen molar-refractivity contribution in [2.24, 2.45) is 0 Å². The second kappa shape index (κ2) is 8.35. The molecule has 27 heavy (non-hydrogen) atoms. The van der Waals surface area contributed by atoms with Crippen molar-refractivity contribution < 1.29 is 14.1 Å². The lowest BCUT2D eigenvalue weighted by Gasteiger charge is -2.07. The van der Waals surface area contributed by atoms with Crippen LogP contribution in [0.25, 0.3) is 11.6 Å². The smallest absolute Gasteiger partial charge is 0.292 e. The minimum Gasteiger partial charge on any atom is -0.446 e. The molecule has 0 aliphatic rings. The first-order valence-electron chi connectivity index (χ1n) is 7.84. The van der Waals surface area contributed by atoms with Crippen molar-refractivity contribution in [3.63, 3.8) is 0 Å². The number of rotatable bonds is 7. The Hall–Kier alpha value is -2.66. The van der Waals surface area contributed by atoms with Crippen LogP contribution >= 0.6 is 27.7 Å². The number of carbonyl (C=O) groups is 1. The number of para-hydroxylation sites is 2. The number of hydrogen-bond acceptors (Lipinski definition) is 7. The number of nitro benzene ring substituents is 1. The van der Waals surface area contributed by atoms with Crippen molar-refractivity contribution in [2.75, 3.05) is 11.1 Å². The van der Waals surface area contributed by atoms with Gasteiger partial charge >= 0.3 is 0 Å². The quantitative estimate of drug-likeness (QED) is 0.328. The Morgan fingerprint density at radius 3 is 2.78 bits per heavy atom. The Bertz CT molecular complexity index is 987. The number of halogens is 1. The van der Waals surface area contributed by atoms with Gasteiger partial charge in [0.25, 0.3) is 5.69 Å². The molecule has 2 aromatic heterocycles. The monoisotopic (exact) mass is 451 g/mol. The molecule has 0 spiro atoms. The van der Waals surface area contributed by atoms with Gasteiger partial charge in [-0.2, -0.15) is 0 Å². The Morgan fingerprint density at radius 1 is 1.33 bits per heavy atom. The highest BCUT2D eigenvalue weighted by Crippen LogP contribution is 2.28. The van der Waals surface area contributed by atoms with Crippen LogP contribution in [0.15, 0.2) is 50.6 Å². The van der Waals surface area contributed by atoms with E-state index in [1.54, 1.807) is 24.3 Å². The molecule has 0 unspecified atom stereocenters. The fourth-order valence-electron chi connectivity index (χ4n) is 2.35. The summed E-state index contributed by atoms with van der Waals surface area (Å²) in [6.07, 6.45) is 0. The second-order valence-corrected chi connectivity index (χ2v) is 6.99. The number of furan rings is 1. The van der Waals surface area contributed by atoms with Gasteiger partial charge in [-0.05, 0) is 41.1 Å². The van der Waals surface area contributed by atoms with Crippen molar-refractivity contribution in [3.8, 4) is 11.6 Å². The van der Waals surface area contributed by atoms with Gasteiger partial charge in [-0.1, -0.05) is 23.9 Å². The molecule has 0 radical (unpaired) electrons. The van der Waals surface area contributed by atoms with E-state index in [-0.39, 0.29) is 23.0 Å². The maximum absolute atomic E-state index is 12.2. The van der Waals surface area contributed by atoms with Crippen molar-refractivity contribution in [1.29, 1.82) is 0 Å². The molecular formula is C16H14BrN5O4S. The van der Waals surface area contributed by atoms with Crippen LogP contribution in [0.3, 0.4) is 0 Å². The Morgan fingerprint density at radius 2 is 2.11 bits per heavy atom. The molecule has 140 valence electrons. The third-order valence-corrected chi connectivity index (χ3v) is 4.93. The molecule has 3 rings (SSSR count). The lowest BCUT2D eigenvalue weighted by Crippen LogP contribution is -2.15. The average molecular weight is 452 g/mol. The van der Waals surface area contributed by atoms with Crippen LogP contribution in [0.4, 0.5) is 11.4 Å². The largest absolute Gasteiger partial charge is 0.446 e. The fraction of sp³-hybridized carbons (Fsp3) is 0.188. The van der Waals surface area contributed by atoms with Crippen LogP contribution in [0.1, 0.15) is 6.92 Å². The minimum atomic E-state index is -0.537. The molecule has 1 amide bonds. The summed E-state index contributed by atoms with van der Waals surface area (Å²) in [6.45, 7) is 2.52. The van der Waals surface area contributed by atoms with E-state index in [0.717, 1.165) is 0 Å². The van der Waals surface area contributed by atoms with Crippen LogP contribution in [-0.2, 0) is 11.3 Å². The molecule has 0 bridgehead atoms. The molecule has 1 N–H and O–H groups in total. The third kappa shape index (κ3) is 4.37. The fourth-order valence-corrected chi connectivity index (χ4v) is 3.46. The Kier molecular flexibility index (Phi) is 5.91. The van der Waals surface area contributed by atoms with Crippen LogP contribution < -0.4 is 5.32 Å². The number of nitrogens with zero attached hydrogens (tertiary/aromatic N) is 4. The van der Waals surface area contributed by atoms with Gasteiger partial charge in [-0.15, -0.1) is 10.2 Å². The summed E-state index contributed by atoms with van der Waals surface area (Å²) in [5, 5.41) is 22.4. The SMILES string of the molecule is CCn1c(SCC(=O)Nc2ccccc2[N+](=O)[O-])nnc1-c1ccc(Br)o1. The zero-order valence-corrected chi connectivity index (χ0v) is 16.5. The molecule has 3 aromatic rings. The number of nitro groups is 1. The van der Waals surface area contributed by atoms with Crippen LogP contribution in [0.2, 0.25) is 0 Å². The molecule has 0 saturated heterocycles. The highest BCUT2D eigenvalue weighted by Gasteiger charge is 2.18. The zero-order chi connectivity index (χ0) is 19.4. The first-order valence-corrected chi connectivity index (χ1v) is 9.62. The number of anilines is 1. The molecule has 2 heterocycles. The summed E-state index contributed by atoms with van der Waals surface area (Å²) in [6, 6.07) is 9.53. The first-order chi connectivity index (χ1) is 13.0. The number of aromatic nitrogens is 3. The number of benzene rings is 1. The summed E-state index contributed by atoms with van der Waals surface area (Å²) in [5.41, 5.74) is 0.00411. The van der Waals surface area contributed by atoms with E-state index < -0.39 is 4.92 Å². The van der Waals surface area contributed by atoms with Crippen molar-refractivity contribution in [3.05, 3.63) is 51.2 Å². The molecule has 0 aliphatic carbocycles. The van der Waals surface area contributed by atoms with Gasteiger partial charge in [0.15, 0.2) is 15.6 Å². The van der Waals surface area contributed by atoms with Gasteiger partial charge in [-0.25, -0.2) is 0 Å². The molecular weight excluding hydrogens is 438 g/mol. The first kappa shape index (κ1) is 19.1. The van der Waals surface area contributed by atoms with Crippen molar-refractivity contribution >= 4 is 45.0 Å². The van der Waals surface area contributed by atoms with Gasteiger partial charge in [-0.3, -0.25) is 19.5 Å². The van der Waals surface area contributed by atoms with Gasteiger partial charge in [0.2, 0.25) is 11.7 Å². The maximum Gasteiger partial charge on any atom is 0.292 e. The molecule has 11 heteroatoms. The van der Waals surface area contributed by atoms with Crippen LogP contribution in [-0.4, -0.2) is 31.3 Å². The van der Waals surface area contributed by atoms with Crippen LogP contribution in [0, 0.1) is 10.1 Å². The molecule has 1 aromatic carbocycles. The van der Waals surface area contributed by atoms with E-state index in [1.807, 2.05) is 11.5 Å². The number of thioether (sulfide) groups is 1. The lowest BCUT2D eigenvalue weighted by molar-refractivity contribution is -0.383. The molecule has 0 aliphatic heterocycles. The summed E-state index contributed by atoms with van der Waals surface area (Å²) in [4.78, 5) is 22.7. The minimum absolute atomic E-state index is 0.0338. The third-order valence-electron chi connectivity index (χ3n) is 3.53. The summed E-state index contributed by atoms with van der Waals surface area (Å²) in [5.74, 6) is 0.783. The van der Waals surface area contributed by atoms with E-state index >= 15 is 0 Å². The van der Waals surface area contributed by atoms with Crippen molar-refractivity contribution in [2.45, 2.75) is 18.6 Å². The zero-order valence-electron chi connectivity index (χ0n) is 14.1. The number of carbonyl (C=O) groups excluding carboxylic acids is 1. The molecule has 0 fully saturated rings. The Balaban J connectivity index is 1.69. The van der Waals surface area contributed by atoms with E-state index in [4.69, 9.17) is 4.42 Å². The summed E-state index contributed by atoms with van der Waals surface area (Å²) in [7, 11) is 0. The summed E-state index contributed by atoms with van der Waals surface area (Å²) < 4.78 is 7.92. The van der Waals surface area contributed by atoms with Gasteiger partial charge in [0.1, 0.15) is 5.69 Å². The van der Waals surface area contributed by atoms with Gasteiger partial charge < -0.3 is 9.73 Å². The van der Waals surface area contributed by atoms with Crippen molar-refractivity contribution in [1.82, 2.24) is 14.8 Å². The Labute approximate surface area is 166 Å². The van der Waals surface area contributed by atoms with E-state index in [2.05, 4.69) is 31.4 Å². The van der Waals surface area contributed by atoms with Crippen LogP contribution in [0.5, 0.6) is 0 Å². The molecule has 0 atom stereocenters. The second-order valence-electron chi connectivity index (χ2n) is 5.27. The average Bonchev–Trinajstić information content (AvgIpc) is 3.25. The number of amides is 1. The molecule has 0 saturated carbocycles. The predicted molar refractivity (Wildman–Crippen MR) is 104 cm³/mol. The number of nitrogens with one attached hydrogen (secondary N) is 1. The standard InChI is InChI=1S/C16H14BrN5O4S/c1-2-21-15(12-7-8-13(17)26-12)19-20-16(21)27-9-14(23)18-10-5-3-4-6-11(10)22(24)25/h3-8H,2,9H2,1H3,(H,18,23). The van der Waals surface area contributed by atoms with E-state index in [1.165, 1.54) is 23.9 Å². The topological polar surface area (TPSA) is 116 Å². The van der Waals surface area contributed by atoms with Gasteiger partial charge in [0.05, 0.1) is 10.7 Å². The van der Waals surface area contributed by atoms with E-state index in [0.29, 0.717) is 28.0 Å². The summed E-state index contributed by atoms with van der Waals surface area (Å²) >= 11 is 4.44. The maximum atomic E-state index is 12.2. The number of hydrogen-bond donors (Lipinski definition) is 1. The lowest BCUT2D eigenvalue weighted by atomic mass is 10.2. The predicted octanol–water partition coefficient (Wildman–Crippen LogP) is 3.96. The highest BCUT2D eigenvalue weighted by molar-refractivity contribution is 9.10. The normalized spacial score (nSPS) is 10.7. The molecule has 9 nitrogen and oxygen atoms in total.